The van der Waals surface area contributed by atoms with Crippen LogP contribution in [0.1, 0.15) is 40.5 Å². The number of rotatable bonds is 8. The average molecular weight is 246 g/mol. The van der Waals surface area contributed by atoms with Crippen molar-refractivity contribution in [1.29, 1.82) is 0 Å². The predicted molar refractivity (Wildman–Crippen MR) is 77.5 cm³/mol. The minimum atomic E-state index is 0.258. The van der Waals surface area contributed by atoms with E-state index in [9.17, 15) is 0 Å². The average Bonchev–Trinajstić information content (AvgIpc) is 2.19. The minimum Gasteiger partial charge on any atom is -0.312 e. The smallest absolute Gasteiger partial charge is 0.00965 e. The van der Waals surface area contributed by atoms with Crippen molar-refractivity contribution < 1.29 is 0 Å². The van der Waals surface area contributed by atoms with Gasteiger partial charge in [0.15, 0.2) is 0 Å². The molecule has 1 unspecified atom stereocenters. The maximum absolute atomic E-state index is 3.54. The zero-order valence-corrected chi connectivity index (χ0v) is 12.8. The van der Waals surface area contributed by atoms with Gasteiger partial charge in [0.1, 0.15) is 0 Å². The van der Waals surface area contributed by atoms with Crippen LogP contribution < -0.4 is 5.32 Å². The van der Waals surface area contributed by atoms with Crippen LogP contribution in [0, 0.1) is 0 Å². The van der Waals surface area contributed by atoms with Gasteiger partial charge in [-0.3, -0.25) is 0 Å². The molecule has 0 fully saturated rings. The Balaban J connectivity index is 3.53. The third kappa shape index (κ3) is 9.49. The standard InChI is InChI=1S/C13H30N2S/c1-12(15(5)10-11-16-6)8-7-9-14-13(2,3)4/h12,14H,7-11H2,1-6H3. The Labute approximate surface area is 107 Å². The molecular weight excluding hydrogens is 216 g/mol. The lowest BCUT2D eigenvalue weighted by Gasteiger charge is -2.25. The van der Waals surface area contributed by atoms with Gasteiger partial charge in [-0.2, -0.15) is 11.8 Å². The molecule has 0 amide bonds. The van der Waals surface area contributed by atoms with Gasteiger partial charge in [0.05, 0.1) is 0 Å². The maximum Gasteiger partial charge on any atom is 0.00965 e. The van der Waals surface area contributed by atoms with Crippen LogP contribution in [-0.2, 0) is 0 Å². The quantitative estimate of drug-likeness (QED) is 0.663. The Morgan fingerprint density at radius 3 is 2.44 bits per heavy atom. The van der Waals surface area contributed by atoms with E-state index < -0.39 is 0 Å². The summed E-state index contributed by atoms with van der Waals surface area (Å²) in [6.07, 6.45) is 4.72. The van der Waals surface area contributed by atoms with Crippen molar-refractivity contribution in [3.8, 4) is 0 Å². The first-order chi connectivity index (χ1) is 7.37. The molecule has 3 heteroatoms. The highest BCUT2D eigenvalue weighted by Gasteiger charge is 2.10. The van der Waals surface area contributed by atoms with Gasteiger partial charge >= 0.3 is 0 Å². The highest BCUT2D eigenvalue weighted by Crippen LogP contribution is 2.06. The maximum atomic E-state index is 3.54. The van der Waals surface area contributed by atoms with Crippen LogP contribution in [-0.4, -0.2) is 48.6 Å². The van der Waals surface area contributed by atoms with Crippen molar-refractivity contribution in [2.45, 2.75) is 52.1 Å². The topological polar surface area (TPSA) is 15.3 Å². The lowest BCUT2D eigenvalue weighted by atomic mass is 10.1. The molecule has 0 bridgehead atoms. The molecule has 0 aliphatic heterocycles. The second kappa shape index (κ2) is 8.37. The van der Waals surface area contributed by atoms with Crippen molar-refractivity contribution in [2.75, 3.05) is 32.1 Å². The monoisotopic (exact) mass is 246 g/mol. The highest BCUT2D eigenvalue weighted by atomic mass is 32.2. The summed E-state index contributed by atoms with van der Waals surface area (Å²) in [6, 6.07) is 0.703. The molecule has 0 aromatic carbocycles. The first-order valence-corrected chi connectivity index (χ1v) is 7.70. The van der Waals surface area contributed by atoms with E-state index >= 15 is 0 Å². The van der Waals surface area contributed by atoms with Gasteiger partial charge in [-0.1, -0.05) is 0 Å². The van der Waals surface area contributed by atoms with Crippen LogP contribution in [0.25, 0.3) is 0 Å². The van der Waals surface area contributed by atoms with Crippen molar-refractivity contribution in [3.63, 3.8) is 0 Å². The molecule has 0 saturated carbocycles. The number of nitrogens with one attached hydrogen (secondary N) is 1. The van der Waals surface area contributed by atoms with Crippen molar-refractivity contribution in [3.05, 3.63) is 0 Å². The molecule has 0 aliphatic carbocycles. The minimum absolute atomic E-state index is 0.258. The number of hydrogen-bond donors (Lipinski definition) is 1. The Kier molecular flexibility index (Phi) is 8.52. The molecule has 16 heavy (non-hydrogen) atoms. The van der Waals surface area contributed by atoms with Gasteiger partial charge in [0, 0.05) is 23.9 Å². The zero-order chi connectivity index (χ0) is 12.6. The second-order valence-electron chi connectivity index (χ2n) is 5.64. The fourth-order valence-electron chi connectivity index (χ4n) is 1.54. The Morgan fingerprint density at radius 2 is 1.94 bits per heavy atom. The summed E-state index contributed by atoms with van der Waals surface area (Å²) in [4.78, 5) is 2.47. The molecule has 1 N–H and O–H groups in total. The highest BCUT2D eigenvalue weighted by molar-refractivity contribution is 7.98. The van der Waals surface area contributed by atoms with E-state index in [0.29, 0.717) is 6.04 Å². The summed E-state index contributed by atoms with van der Waals surface area (Å²) in [5.41, 5.74) is 0.258. The molecule has 0 spiro atoms. The van der Waals surface area contributed by atoms with Gasteiger partial charge in [0.2, 0.25) is 0 Å². The van der Waals surface area contributed by atoms with E-state index in [2.05, 4.69) is 51.2 Å². The van der Waals surface area contributed by atoms with E-state index in [4.69, 9.17) is 0 Å². The number of nitrogens with zero attached hydrogens (tertiary/aromatic N) is 1. The van der Waals surface area contributed by atoms with Crippen LogP contribution in [0.2, 0.25) is 0 Å². The van der Waals surface area contributed by atoms with Gasteiger partial charge in [-0.05, 0) is 60.4 Å². The first kappa shape index (κ1) is 16.3. The second-order valence-corrected chi connectivity index (χ2v) is 6.63. The predicted octanol–water partition coefficient (Wildman–Crippen LogP) is 2.84. The molecule has 0 aromatic heterocycles. The zero-order valence-electron chi connectivity index (χ0n) is 12.0. The molecule has 0 saturated heterocycles. The third-order valence-electron chi connectivity index (χ3n) is 2.85. The molecular formula is C13H30N2S. The number of hydrogen-bond acceptors (Lipinski definition) is 3. The van der Waals surface area contributed by atoms with Crippen molar-refractivity contribution in [2.24, 2.45) is 0 Å². The molecule has 1 atom stereocenters. The molecule has 0 heterocycles. The first-order valence-electron chi connectivity index (χ1n) is 6.31. The van der Waals surface area contributed by atoms with E-state index in [1.165, 1.54) is 25.1 Å². The summed E-state index contributed by atoms with van der Waals surface area (Å²) >= 11 is 1.93. The number of thioether (sulfide) groups is 1. The Morgan fingerprint density at radius 1 is 1.31 bits per heavy atom. The summed E-state index contributed by atoms with van der Waals surface area (Å²) in [6.45, 7) is 11.3. The Bertz CT molecular complexity index is 166. The van der Waals surface area contributed by atoms with Gasteiger partial charge < -0.3 is 10.2 Å². The van der Waals surface area contributed by atoms with E-state index in [1.807, 2.05) is 11.8 Å². The molecule has 2 nitrogen and oxygen atoms in total. The Hall–Kier alpha value is 0.270. The lowest BCUT2D eigenvalue weighted by Crippen LogP contribution is -2.37. The van der Waals surface area contributed by atoms with Crippen LogP contribution in [0.3, 0.4) is 0 Å². The SMILES string of the molecule is CSCCN(C)C(C)CCCNC(C)(C)C. The van der Waals surface area contributed by atoms with Gasteiger partial charge in [-0.25, -0.2) is 0 Å². The normalized spacial score (nSPS) is 14.4. The van der Waals surface area contributed by atoms with E-state index in [-0.39, 0.29) is 5.54 Å². The largest absolute Gasteiger partial charge is 0.312 e. The van der Waals surface area contributed by atoms with Gasteiger partial charge in [-0.15, -0.1) is 0 Å². The van der Waals surface area contributed by atoms with Crippen molar-refractivity contribution >= 4 is 11.8 Å². The summed E-state index contributed by atoms with van der Waals surface area (Å²) in [7, 11) is 2.23. The summed E-state index contributed by atoms with van der Waals surface area (Å²) < 4.78 is 0. The van der Waals surface area contributed by atoms with E-state index in [1.54, 1.807) is 0 Å². The molecule has 0 rings (SSSR count). The van der Waals surface area contributed by atoms with E-state index in [0.717, 1.165) is 6.54 Å². The van der Waals surface area contributed by atoms with Crippen LogP contribution in [0.4, 0.5) is 0 Å². The van der Waals surface area contributed by atoms with Crippen molar-refractivity contribution in [1.82, 2.24) is 10.2 Å². The molecule has 98 valence electrons. The molecule has 0 radical (unpaired) electrons. The third-order valence-corrected chi connectivity index (χ3v) is 3.45. The van der Waals surface area contributed by atoms with Gasteiger partial charge in [0.25, 0.3) is 0 Å². The van der Waals surface area contributed by atoms with Crippen LogP contribution in [0.15, 0.2) is 0 Å². The molecule has 0 aromatic rings. The van der Waals surface area contributed by atoms with Crippen LogP contribution >= 0.6 is 11.8 Å². The fraction of sp³-hybridized carbons (Fsp3) is 1.00. The summed E-state index contributed by atoms with van der Waals surface area (Å²) in [5, 5.41) is 3.54. The lowest BCUT2D eigenvalue weighted by molar-refractivity contribution is 0.254. The van der Waals surface area contributed by atoms with Crippen LogP contribution in [0.5, 0.6) is 0 Å². The summed E-state index contributed by atoms with van der Waals surface area (Å²) in [5.74, 6) is 1.24. The fourth-order valence-corrected chi connectivity index (χ4v) is 2.01. The molecule has 0 aliphatic rings.